The summed E-state index contributed by atoms with van der Waals surface area (Å²) in [7, 11) is -3.03. The molecule has 1 N–H and O–H groups in total. The number of nitrogens with zero attached hydrogens (tertiary/aromatic N) is 1. The lowest BCUT2D eigenvalue weighted by molar-refractivity contribution is 0.331. The molecule has 0 amide bonds. The van der Waals surface area contributed by atoms with Crippen LogP contribution in [0.5, 0.6) is 0 Å². The second-order valence-corrected chi connectivity index (χ2v) is 8.06. The molecule has 2 bridgehead atoms. The van der Waals surface area contributed by atoms with Crippen LogP contribution in [0.25, 0.3) is 0 Å². The normalized spacial score (nSPS) is 33.1. The maximum atomic E-state index is 12.7. The van der Waals surface area contributed by atoms with Crippen LogP contribution in [0.4, 0.5) is 0 Å². The summed E-state index contributed by atoms with van der Waals surface area (Å²) < 4.78 is 27.2. The van der Waals surface area contributed by atoms with Gasteiger partial charge in [-0.05, 0) is 44.6 Å². The molecule has 19 heavy (non-hydrogen) atoms. The molecule has 0 radical (unpaired) electrons. The summed E-state index contributed by atoms with van der Waals surface area (Å²) in [5.41, 5.74) is 0. The van der Waals surface area contributed by atoms with Crippen molar-refractivity contribution in [3.8, 4) is 0 Å². The predicted octanol–water partition coefficient (Wildman–Crippen LogP) is 1.75. The van der Waals surface area contributed by atoms with Gasteiger partial charge < -0.3 is 5.32 Å². The van der Waals surface area contributed by atoms with Crippen LogP contribution >= 0.6 is 12.4 Å². The second kappa shape index (κ2) is 6.29. The summed E-state index contributed by atoms with van der Waals surface area (Å²) >= 11 is 0. The van der Waals surface area contributed by atoms with Crippen molar-refractivity contribution >= 4 is 22.4 Å². The first-order valence-electron chi connectivity index (χ1n) is 7.39. The van der Waals surface area contributed by atoms with E-state index in [0.717, 1.165) is 45.2 Å². The van der Waals surface area contributed by atoms with Gasteiger partial charge in [-0.2, -0.15) is 4.31 Å². The molecule has 2 heterocycles. The molecule has 1 aliphatic carbocycles. The Bertz CT molecular complexity index is 381. The van der Waals surface area contributed by atoms with E-state index in [1.165, 1.54) is 12.8 Å². The fourth-order valence-corrected chi connectivity index (χ4v) is 6.35. The number of nitrogens with one attached hydrogen (secondary N) is 1. The third kappa shape index (κ3) is 3.26. The highest BCUT2D eigenvalue weighted by Crippen LogP contribution is 2.34. The van der Waals surface area contributed by atoms with Gasteiger partial charge in [-0.1, -0.05) is 12.8 Å². The van der Waals surface area contributed by atoms with Gasteiger partial charge in [-0.15, -0.1) is 12.4 Å². The molecule has 0 aromatic carbocycles. The number of halogens is 1. The lowest BCUT2D eigenvalue weighted by atomic mass is 10.1. The van der Waals surface area contributed by atoms with Crippen molar-refractivity contribution in [1.82, 2.24) is 9.62 Å². The van der Waals surface area contributed by atoms with Crippen LogP contribution in [0.15, 0.2) is 0 Å². The van der Waals surface area contributed by atoms with Gasteiger partial charge in [0.1, 0.15) is 0 Å². The van der Waals surface area contributed by atoms with E-state index < -0.39 is 10.0 Å². The summed E-state index contributed by atoms with van der Waals surface area (Å²) in [4.78, 5) is 0. The number of rotatable bonds is 3. The molecular weight excluding hydrogens is 284 g/mol. The largest absolute Gasteiger partial charge is 0.315 e. The fourth-order valence-electron chi connectivity index (χ4n) is 3.95. The van der Waals surface area contributed by atoms with Gasteiger partial charge in [0.2, 0.25) is 10.0 Å². The summed E-state index contributed by atoms with van der Waals surface area (Å²) in [6, 6.07) is 0.500. The summed E-state index contributed by atoms with van der Waals surface area (Å²) in [6.07, 6.45) is 7.75. The van der Waals surface area contributed by atoms with Crippen LogP contribution in [-0.4, -0.2) is 43.6 Å². The molecule has 3 fully saturated rings. The smallest absolute Gasteiger partial charge is 0.214 e. The van der Waals surface area contributed by atoms with Crippen molar-refractivity contribution < 1.29 is 8.42 Å². The molecule has 0 aromatic rings. The van der Waals surface area contributed by atoms with E-state index in [1.807, 2.05) is 4.31 Å². The first-order chi connectivity index (χ1) is 8.67. The van der Waals surface area contributed by atoms with Gasteiger partial charge in [0, 0.05) is 18.6 Å². The molecule has 2 atom stereocenters. The number of sulfonamides is 1. The number of hydrogen-bond donors (Lipinski definition) is 1. The van der Waals surface area contributed by atoms with Crippen molar-refractivity contribution in [2.45, 2.75) is 57.0 Å². The monoisotopic (exact) mass is 308 g/mol. The zero-order valence-corrected chi connectivity index (χ0v) is 13.0. The summed E-state index contributed by atoms with van der Waals surface area (Å²) in [5, 5.41) is 3.37. The minimum Gasteiger partial charge on any atom is -0.315 e. The van der Waals surface area contributed by atoms with Crippen molar-refractivity contribution in [3.05, 3.63) is 0 Å². The van der Waals surface area contributed by atoms with Crippen molar-refractivity contribution in [2.75, 3.05) is 18.8 Å². The molecule has 112 valence electrons. The maximum Gasteiger partial charge on any atom is 0.214 e. The average Bonchev–Trinajstić information content (AvgIpc) is 2.85. The molecule has 2 unspecified atom stereocenters. The standard InChI is InChI=1S/C13H24N2O2S.ClH/c16-18(17,10-11-3-1-2-4-11)15-12-5-6-13(15)9-14-8-7-12;/h11-14H,1-10H2;1H. The van der Waals surface area contributed by atoms with E-state index in [-0.39, 0.29) is 24.5 Å². The van der Waals surface area contributed by atoms with Crippen LogP contribution in [-0.2, 0) is 10.0 Å². The zero-order valence-electron chi connectivity index (χ0n) is 11.4. The van der Waals surface area contributed by atoms with E-state index in [9.17, 15) is 8.42 Å². The molecule has 0 spiro atoms. The Hall–Kier alpha value is 0.160. The Morgan fingerprint density at radius 2 is 1.68 bits per heavy atom. The van der Waals surface area contributed by atoms with E-state index in [1.54, 1.807) is 0 Å². The minimum absolute atomic E-state index is 0. The van der Waals surface area contributed by atoms with Crippen LogP contribution in [0.3, 0.4) is 0 Å². The third-order valence-electron chi connectivity index (χ3n) is 4.83. The Kier molecular flexibility index (Phi) is 5.15. The Balaban J connectivity index is 0.00000133. The van der Waals surface area contributed by atoms with Gasteiger partial charge in [0.15, 0.2) is 0 Å². The maximum absolute atomic E-state index is 12.7. The van der Waals surface area contributed by atoms with Crippen LogP contribution in [0, 0.1) is 5.92 Å². The van der Waals surface area contributed by atoms with Gasteiger partial charge >= 0.3 is 0 Å². The third-order valence-corrected chi connectivity index (χ3v) is 6.96. The van der Waals surface area contributed by atoms with Gasteiger partial charge in [0.25, 0.3) is 0 Å². The average molecular weight is 309 g/mol. The van der Waals surface area contributed by atoms with Crippen LogP contribution in [0.1, 0.15) is 44.9 Å². The Morgan fingerprint density at radius 3 is 2.42 bits per heavy atom. The minimum atomic E-state index is -3.03. The van der Waals surface area contributed by atoms with Crippen LogP contribution in [0.2, 0.25) is 0 Å². The first-order valence-corrected chi connectivity index (χ1v) is 8.99. The summed E-state index contributed by atoms with van der Waals surface area (Å²) in [5.74, 6) is 0.825. The predicted molar refractivity (Wildman–Crippen MR) is 79.1 cm³/mol. The Morgan fingerprint density at radius 1 is 1.00 bits per heavy atom. The molecule has 3 aliphatic rings. The summed E-state index contributed by atoms with van der Waals surface area (Å²) in [6.45, 7) is 1.82. The first kappa shape index (κ1) is 15.5. The molecular formula is C13H25ClN2O2S. The van der Waals surface area contributed by atoms with Gasteiger partial charge in [-0.25, -0.2) is 8.42 Å². The molecule has 1 saturated carbocycles. The van der Waals surface area contributed by atoms with E-state index in [4.69, 9.17) is 0 Å². The molecule has 4 nitrogen and oxygen atoms in total. The lowest BCUT2D eigenvalue weighted by Crippen LogP contribution is -2.44. The fraction of sp³-hybridized carbons (Fsp3) is 1.00. The lowest BCUT2D eigenvalue weighted by Gasteiger charge is -2.28. The number of fused-ring (bicyclic) bond motifs is 2. The topological polar surface area (TPSA) is 49.4 Å². The van der Waals surface area contributed by atoms with Crippen molar-refractivity contribution in [1.29, 1.82) is 0 Å². The molecule has 0 aromatic heterocycles. The van der Waals surface area contributed by atoms with E-state index in [0.29, 0.717) is 11.7 Å². The SMILES string of the molecule is Cl.O=S(=O)(CC1CCCC1)N1C2CCNCC1CC2. The van der Waals surface area contributed by atoms with E-state index in [2.05, 4.69) is 5.32 Å². The van der Waals surface area contributed by atoms with Crippen LogP contribution < -0.4 is 5.32 Å². The van der Waals surface area contributed by atoms with Gasteiger partial charge in [0.05, 0.1) is 5.75 Å². The van der Waals surface area contributed by atoms with Crippen molar-refractivity contribution in [3.63, 3.8) is 0 Å². The van der Waals surface area contributed by atoms with E-state index >= 15 is 0 Å². The van der Waals surface area contributed by atoms with Gasteiger partial charge in [-0.3, -0.25) is 0 Å². The molecule has 2 saturated heterocycles. The van der Waals surface area contributed by atoms with Crippen molar-refractivity contribution in [2.24, 2.45) is 5.92 Å². The quantitative estimate of drug-likeness (QED) is 0.864. The highest BCUT2D eigenvalue weighted by Gasteiger charge is 2.42. The molecule has 2 aliphatic heterocycles. The zero-order chi connectivity index (χ0) is 12.6. The highest BCUT2D eigenvalue weighted by molar-refractivity contribution is 7.89. The highest BCUT2D eigenvalue weighted by atomic mass is 35.5. The second-order valence-electron chi connectivity index (χ2n) is 6.14. The Labute approximate surface area is 122 Å². The molecule has 3 rings (SSSR count). The number of hydrogen-bond acceptors (Lipinski definition) is 3. The molecule has 6 heteroatoms.